The molecule has 0 unspecified atom stereocenters. The molecule has 38 valence electrons. The van der Waals surface area contributed by atoms with Crippen LogP contribution in [0.4, 0.5) is 0 Å². The fourth-order valence-electron chi connectivity index (χ4n) is 0.209. The van der Waals surface area contributed by atoms with Gasteiger partial charge >= 0.3 is 48.5 Å². The van der Waals surface area contributed by atoms with Crippen LogP contribution in [-0.2, 0) is 0 Å². The summed E-state index contributed by atoms with van der Waals surface area (Å²) in [6.45, 7) is 0.387. The Labute approximate surface area is 48.8 Å². The Kier molecular flexibility index (Phi) is 6.47. The van der Waals surface area contributed by atoms with Crippen LogP contribution in [-0.4, -0.2) is 32.6 Å². The van der Waals surface area contributed by atoms with Gasteiger partial charge in [-0.2, -0.15) is 0 Å². The van der Waals surface area contributed by atoms with Gasteiger partial charge in [-0.25, -0.2) is 0 Å². The third kappa shape index (κ3) is 4.75. The van der Waals surface area contributed by atoms with Crippen LogP contribution in [0.2, 0.25) is 9.44 Å². The molecule has 0 rings (SSSR count). The van der Waals surface area contributed by atoms with Gasteiger partial charge in [-0.1, -0.05) is 0 Å². The van der Waals surface area contributed by atoms with Gasteiger partial charge in [0.15, 0.2) is 0 Å². The van der Waals surface area contributed by atoms with Crippen LogP contribution in [0.15, 0.2) is 0 Å². The molecule has 0 atom stereocenters. The topological polar surface area (TPSA) is 20.2 Å². The molecule has 0 aliphatic carbocycles. The number of hydrogen-bond donors (Lipinski definition) is 1. The fraction of sp³-hybridized carbons (Fsp3) is 1.00. The minimum atomic E-state index is 0.304. The normalized spacial score (nSPS) is 9.00. The van der Waals surface area contributed by atoms with Crippen LogP contribution < -0.4 is 0 Å². The van der Waals surface area contributed by atoms with E-state index in [-0.39, 0.29) is 0 Å². The van der Waals surface area contributed by atoms with E-state index < -0.39 is 0 Å². The molecule has 0 saturated carbocycles. The van der Waals surface area contributed by atoms with Crippen molar-refractivity contribution in [2.45, 2.75) is 15.9 Å². The van der Waals surface area contributed by atoms with Crippen molar-refractivity contribution in [3.05, 3.63) is 0 Å². The van der Waals surface area contributed by atoms with Crippen molar-refractivity contribution < 1.29 is 5.11 Å². The molecule has 0 aliphatic heterocycles. The van der Waals surface area contributed by atoms with E-state index in [0.29, 0.717) is 27.5 Å². The molecule has 0 bridgehead atoms. The zero-order valence-corrected chi connectivity index (χ0v) is 6.31. The molecule has 1 nitrogen and oxygen atoms in total. The number of aliphatic hydroxyl groups is 1. The van der Waals surface area contributed by atoms with Crippen molar-refractivity contribution >= 4 is 20.9 Å². The molecule has 6 heavy (non-hydrogen) atoms. The second-order valence-corrected chi connectivity index (χ2v) is 3.88. The quantitative estimate of drug-likeness (QED) is 0.522. The zero-order chi connectivity index (χ0) is 4.83. The molecule has 1 N–H and O–H groups in total. The van der Waals surface area contributed by atoms with Crippen LogP contribution in [0.1, 0.15) is 6.42 Å². The van der Waals surface area contributed by atoms with Crippen LogP contribution in [0.5, 0.6) is 0 Å². The van der Waals surface area contributed by atoms with E-state index in [0.717, 1.165) is 6.42 Å². The van der Waals surface area contributed by atoms with E-state index in [1.165, 1.54) is 4.47 Å². The van der Waals surface area contributed by atoms with E-state index in [4.69, 9.17) is 5.11 Å². The van der Waals surface area contributed by atoms with E-state index >= 15 is 0 Å². The molecule has 0 spiro atoms. The van der Waals surface area contributed by atoms with Crippen molar-refractivity contribution in [2.75, 3.05) is 6.61 Å². The van der Waals surface area contributed by atoms with Gasteiger partial charge in [0.2, 0.25) is 0 Å². The maximum atomic E-state index is 8.22. The van der Waals surface area contributed by atoms with Crippen molar-refractivity contribution in [3.63, 3.8) is 0 Å². The summed E-state index contributed by atoms with van der Waals surface area (Å²) in [7, 11) is 0. The van der Waals surface area contributed by atoms with Crippen LogP contribution >= 0.6 is 0 Å². The Morgan fingerprint density at radius 3 is 2.50 bits per heavy atom. The Hall–Kier alpha value is 0.750. The van der Waals surface area contributed by atoms with Gasteiger partial charge in [0.1, 0.15) is 0 Å². The molecular weight excluding hydrogens is 192 g/mol. The summed E-state index contributed by atoms with van der Waals surface area (Å²) < 4.78 is 1.29. The summed E-state index contributed by atoms with van der Waals surface area (Å²) in [5.74, 6) is 0. The first kappa shape index (κ1) is 6.75. The Bertz CT molecular complexity index is 19.5. The van der Waals surface area contributed by atoms with E-state index in [1.807, 2.05) is 0 Å². The van der Waals surface area contributed by atoms with Gasteiger partial charge in [0, 0.05) is 0 Å². The first-order valence-corrected chi connectivity index (χ1v) is 5.99. The van der Waals surface area contributed by atoms with Gasteiger partial charge in [0.25, 0.3) is 0 Å². The molecule has 0 aromatic carbocycles. The minimum absolute atomic E-state index is 0.304. The Morgan fingerprint density at radius 2 is 2.33 bits per heavy atom. The average molecular weight is 202 g/mol. The first-order chi connectivity index (χ1) is 2.91. The van der Waals surface area contributed by atoms with E-state index in [2.05, 4.69) is 4.97 Å². The van der Waals surface area contributed by atoms with Crippen LogP contribution in [0, 0.1) is 0 Å². The molecule has 0 amide bonds. The van der Waals surface area contributed by atoms with E-state index in [1.54, 1.807) is 0 Å². The van der Waals surface area contributed by atoms with Gasteiger partial charge in [-0.15, -0.1) is 0 Å². The van der Waals surface area contributed by atoms with Crippen LogP contribution in [0.25, 0.3) is 0 Å². The monoisotopic (exact) mass is 204 g/mol. The summed E-state index contributed by atoms with van der Waals surface area (Å²) >= 11 is 0.304. The molecule has 0 aliphatic rings. The molecule has 0 saturated heterocycles. The first-order valence-electron chi connectivity index (χ1n) is 2.01. The van der Waals surface area contributed by atoms with Gasteiger partial charge in [-0.3, -0.25) is 0 Å². The molecule has 2 heteroatoms. The number of hydrogen-bond acceptors (Lipinski definition) is 1. The van der Waals surface area contributed by atoms with E-state index in [9.17, 15) is 0 Å². The van der Waals surface area contributed by atoms with Crippen LogP contribution in [0.3, 0.4) is 0 Å². The predicted octanol–water partition coefficient (Wildman–Crippen LogP) is 0.539. The SMILES string of the molecule is C[Te]CCCO. The summed E-state index contributed by atoms with van der Waals surface area (Å²) in [6.07, 6.45) is 1.03. The maximum absolute atomic E-state index is 8.22. The average Bonchev–Trinajstić information content (AvgIpc) is 1.61. The summed E-state index contributed by atoms with van der Waals surface area (Å²) in [5, 5.41) is 8.22. The Balaban J connectivity index is 2.34. The van der Waals surface area contributed by atoms with Gasteiger partial charge < -0.3 is 0 Å². The van der Waals surface area contributed by atoms with Crippen molar-refractivity contribution in [2.24, 2.45) is 0 Å². The van der Waals surface area contributed by atoms with Crippen molar-refractivity contribution in [1.29, 1.82) is 0 Å². The second kappa shape index (κ2) is 5.75. The summed E-state index contributed by atoms with van der Waals surface area (Å²) in [4.78, 5) is 2.25. The zero-order valence-electron chi connectivity index (χ0n) is 3.98. The third-order valence-corrected chi connectivity index (χ3v) is 2.50. The molecular formula is C4H10OTe. The predicted molar refractivity (Wildman–Crippen MR) is 28.1 cm³/mol. The van der Waals surface area contributed by atoms with Crippen molar-refractivity contribution in [3.8, 4) is 0 Å². The molecule has 0 fully saturated rings. The number of aliphatic hydroxyl groups excluding tert-OH is 1. The summed E-state index contributed by atoms with van der Waals surface area (Å²) in [5.41, 5.74) is 0. The summed E-state index contributed by atoms with van der Waals surface area (Å²) in [6, 6.07) is 0. The molecule has 0 radical (unpaired) electrons. The standard InChI is InChI=1S/C4H10OTe/c1-6-4-2-3-5/h5H,2-4H2,1H3. The van der Waals surface area contributed by atoms with Gasteiger partial charge in [0.05, 0.1) is 0 Å². The molecule has 0 aromatic rings. The number of rotatable bonds is 3. The Morgan fingerprint density at radius 1 is 1.67 bits per heavy atom. The second-order valence-electron chi connectivity index (χ2n) is 1.07. The molecule has 0 aromatic heterocycles. The molecule has 0 heterocycles. The third-order valence-electron chi connectivity index (χ3n) is 0.507. The fourth-order valence-corrected chi connectivity index (χ4v) is 1.40. The van der Waals surface area contributed by atoms with Gasteiger partial charge in [-0.05, 0) is 0 Å². The van der Waals surface area contributed by atoms with Crippen molar-refractivity contribution in [1.82, 2.24) is 0 Å².